The van der Waals surface area contributed by atoms with E-state index in [9.17, 15) is 5.11 Å². The summed E-state index contributed by atoms with van der Waals surface area (Å²) in [5, 5.41) is 10.6. The van der Waals surface area contributed by atoms with Crippen LogP contribution in [0.5, 0.6) is 5.75 Å². The average Bonchev–Trinajstić information content (AvgIpc) is 2.96. The minimum Gasteiger partial charge on any atom is -0.508 e. The van der Waals surface area contributed by atoms with Crippen LogP contribution >= 0.6 is 11.3 Å². The van der Waals surface area contributed by atoms with Crippen molar-refractivity contribution >= 4 is 33.1 Å². The highest BCUT2D eigenvalue weighted by Gasteiger charge is 2.20. The Hall–Kier alpha value is -2.34. The summed E-state index contributed by atoms with van der Waals surface area (Å²) in [5.41, 5.74) is 1.15. The first-order chi connectivity index (χ1) is 11.2. The van der Waals surface area contributed by atoms with Gasteiger partial charge in [-0.1, -0.05) is 0 Å². The first-order valence-electron chi connectivity index (χ1n) is 7.71. The van der Waals surface area contributed by atoms with Gasteiger partial charge in [0.1, 0.15) is 22.7 Å². The second kappa shape index (κ2) is 5.70. The molecule has 23 heavy (non-hydrogen) atoms. The fourth-order valence-electron chi connectivity index (χ4n) is 3.06. The van der Waals surface area contributed by atoms with Crippen LogP contribution in [0, 0.1) is 6.92 Å². The summed E-state index contributed by atoms with van der Waals surface area (Å²) in [6, 6.07) is 9.60. The zero-order chi connectivity index (χ0) is 15.8. The van der Waals surface area contributed by atoms with Gasteiger partial charge in [-0.2, -0.15) is 0 Å². The third-order valence-electron chi connectivity index (χ3n) is 4.23. The molecule has 2 aromatic heterocycles. The number of aromatic nitrogens is 2. The number of phenols is 1. The molecule has 3 aromatic rings. The summed E-state index contributed by atoms with van der Waals surface area (Å²) in [7, 11) is 0. The maximum atomic E-state index is 9.41. The molecule has 5 nitrogen and oxygen atoms in total. The van der Waals surface area contributed by atoms with Crippen LogP contribution in [0.2, 0.25) is 0 Å². The third kappa shape index (κ3) is 2.70. The minimum absolute atomic E-state index is 0.309. The van der Waals surface area contributed by atoms with E-state index in [1.54, 1.807) is 29.8 Å². The summed E-state index contributed by atoms with van der Waals surface area (Å²) in [6.07, 6.45) is 1.67. The van der Waals surface area contributed by atoms with Crippen LogP contribution in [-0.2, 0) is 0 Å². The molecule has 4 rings (SSSR count). The van der Waals surface area contributed by atoms with Gasteiger partial charge in [-0.05, 0) is 37.3 Å². The second-order valence-electron chi connectivity index (χ2n) is 5.76. The van der Waals surface area contributed by atoms with Crippen LogP contribution in [-0.4, -0.2) is 41.3 Å². The summed E-state index contributed by atoms with van der Waals surface area (Å²) >= 11 is 1.72. The minimum atomic E-state index is 0.309. The van der Waals surface area contributed by atoms with E-state index in [1.165, 1.54) is 4.88 Å². The lowest BCUT2D eigenvalue weighted by molar-refractivity contribution is 0.475. The van der Waals surface area contributed by atoms with Crippen molar-refractivity contribution in [2.45, 2.75) is 6.92 Å². The van der Waals surface area contributed by atoms with Gasteiger partial charge in [0.25, 0.3) is 0 Å². The standard InChI is InChI=1S/C17H18N4OS/c1-12-10-15-16(18-11-19-17(15)23-12)21-8-6-20(7-9-21)13-2-4-14(22)5-3-13/h2-5,10-11,22H,6-9H2,1H3. The Labute approximate surface area is 138 Å². The molecule has 118 valence electrons. The molecule has 6 heteroatoms. The number of hydrogen-bond acceptors (Lipinski definition) is 6. The van der Waals surface area contributed by atoms with E-state index in [0.29, 0.717) is 5.75 Å². The number of nitrogens with zero attached hydrogens (tertiary/aromatic N) is 4. The lowest BCUT2D eigenvalue weighted by atomic mass is 10.2. The summed E-state index contributed by atoms with van der Waals surface area (Å²) in [6.45, 7) is 5.86. The SMILES string of the molecule is Cc1cc2c(N3CCN(c4ccc(O)cc4)CC3)ncnc2s1. The van der Waals surface area contributed by atoms with Crippen molar-refractivity contribution in [3.8, 4) is 5.75 Å². The first-order valence-corrected chi connectivity index (χ1v) is 8.52. The maximum absolute atomic E-state index is 9.41. The number of thiophene rings is 1. The molecule has 1 fully saturated rings. The van der Waals surface area contributed by atoms with Gasteiger partial charge < -0.3 is 14.9 Å². The van der Waals surface area contributed by atoms with Gasteiger partial charge in [0.15, 0.2) is 0 Å². The molecule has 0 bridgehead atoms. The number of rotatable bonds is 2. The molecule has 3 heterocycles. The number of aromatic hydroxyl groups is 1. The summed E-state index contributed by atoms with van der Waals surface area (Å²) in [4.78, 5) is 15.9. The van der Waals surface area contributed by atoms with E-state index in [0.717, 1.165) is 47.9 Å². The van der Waals surface area contributed by atoms with E-state index in [4.69, 9.17) is 0 Å². The van der Waals surface area contributed by atoms with Crippen LogP contribution in [0.4, 0.5) is 11.5 Å². The Balaban J connectivity index is 1.53. The second-order valence-corrected chi connectivity index (χ2v) is 7.00. The van der Waals surface area contributed by atoms with Crippen LogP contribution in [0.3, 0.4) is 0 Å². The number of hydrogen-bond donors (Lipinski definition) is 1. The molecule has 1 aromatic carbocycles. The van der Waals surface area contributed by atoms with Crippen LogP contribution in [0.25, 0.3) is 10.2 Å². The number of anilines is 2. The smallest absolute Gasteiger partial charge is 0.140 e. The lowest BCUT2D eigenvalue weighted by Gasteiger charge is -2.36. The van der Waals surface area contributed by atoms with E-state index < -0.39 is 0 Å². The topological polar surface area (TPSA) is 52.5 Å². The summed E-state index contributed by atoms with van der Waals surface area (Å²) in [5.74, 6) is 1.35. The molecular formula is C17H18N4OS. The Kier molecular flexibility index (Phi) is 3.53. The van der Waals surface area contributed by atoms with Crippen LogP contribution in [0.1, 0.15) is 4.88 Å². The predicted octanol–water partition coefficient (Wildman–Crippen LogP) is 3.03. The molecule has 0 radical (unpaired) electrons. The predicted molar refractivity (Wildman–Crippen MR) is 94.7 cm³/mol. The Bertz CT molecular complexity index is 822. The molecular weight excluding hydrogens is 308 g/mol. The Morgan fingerprint density at radius 2 is 1.70 bits per heavy atom. The van der Waals surface area contributed by atoms with Gasteiger partial charge in [-0.25, -0.2) is 9.97 Å². The number of benzene rings is 1. The van der Waals surface area contributed by atoms with Crippen molar-refractivity contribution < 1.29 is 5.11 Å². The molecule has 1 aliphatic heterocycles. The van der Waals surface area contributed by atoms with Crippen molar-refractivity contribution in [1.29, 1.82) is 0 Å². The quantitative estimate of drug-likeness (QED) is 0.784. The van der Waals surface area contributed by atoms with Crippen molar-refractivity contribution in [3.05, 3.63) is 41.5 Å². The lowest BCUT2D eigenvalue weighted by Crippen LogP contribution is -2.46. The zero-order valence-corrected chi connectivity index (χ0v) is 13.8. The third-order valence-corrected chi connectivity index (χ3v) is 5.18. The monoisotopic (exact) mass is 326 g/mol. The molecule has 0 amide bonds. The van der Waals surface area contributed by atoms with Gasteiger partial charge in [-0.15, -0.1) is 11.3 Å². The highest BCUT2D eigenvalue weighted by atomic mass is 32.1. The van der Waals surface area contributed by atoms with E-state index in [1.807, 2.05) is 12.1 Å². The fourth-order valence-corrected chi connectivity index (χ4v) is 3.90. The first kappa shape index (κ1) is 14.3. The van der Waals surface area contributed by atoms with Crippen molar-refractivity contribution in [1.82, 2.24) is 9.97 Å². The number of piperazine rings is 1. The van der Waals surface area contributed by atoms with Crippen molar-refractivity contribution in [2.75, 3.05) is 36.0 Å². The molecule has 1 N–H and O–H groups in total. The number of aryl methyl sites for hydroxylation is 1. The molecule has 0 spiro atoms. The number of fused-ring (bicyclic) bond motifs is 1. The van der Waals surface area contributed by atoms with Crippen molar-refractivity contribution in [2.24, 2.45) is 0 Å². The van der Waals surface area contributed by atoms with E-state index in [-0.39, 0.29) is 0 Å². The molecule has 0 atom stereocenters. The van der Waals surface area contributed by atoms with Gasteiger partial charge in [0.2, 0.25) is 0 Å². The van der Waals surface area contributed by atoms with Gasteiger partial charge in [0.05, 0.1) is 5.39 Å². The fraction of sp³-hybridized carbons (Fsp3) is 0.294. The Morgan fingerprint density at radius 3 is 2.43 bits per heavy atom. The molecule has 0 unspecified atom stereocenters. The van der Waals surface area contributed by atoms with Gasteiger partial charge >= 0.3 is 0 Å². The summed E-state index contributed by atoms with van der Waals surface area (Å²) < 4.78 is 0. The van der Waals surface area contributed by atoms with Gasteiger partial charge in [-0.3, -0.25) is 0 Å². The zero-order valence-electron chi connectivity index (χ0n) is 12.9. The number of phenolic OH excluding ortho intramolecular Hbond substituents is 1. The van der Waals surface area contributed by atoms with Crippen LogP contribution in [0.15, 0.2) is 36.7 Å². The van der Waals surface area contributed by atoms with Crippen LogP contribution < -0.4 is 9.80 Å². The maximum Gasteiger partial charge on any atom is 0.140 e. The molecule has 1 aliphatic rings. The van der Waals surface area contributed by atoms with Gasteiger partial charge in [0, 0.05) is 36.7 Å². The highest BCUT2D eigenvalue weighted by molar-refractivity contribution is 7.18. The average molecular weight is 326 g/mol. The molecule has 0 saturated carbocycles. The molecule has 1 saturated heterocycles. The highest BCUT2D eigenvalue weighted by Crippen LogP contribution is 2.30. The van der Waals surface area contributed by atoms with E-state index in [2.05, 4.69) is 32.8 Å². The van der Waals surface area contributed by atoms with Crippen molar-refractivity contribution in [3.63, 3.8) is 0 Å². The largest absolute Gasteiger partial charge is 0.508 e. The molecule has 0 aliphatic carbocycles. The Morgan fingerprint density at radius 1 is 1.00 bits per heavy atom. The van der Waals surface area contributed by atoms with E-state index >= 15 is 0 Å². The normalized spacial score (nSPS) is 15.3.